The van der Waals surface area contributed by atoms with E-state index in [1.165, 1.54) is 0 Å². The van der Waals surface area contributed by atoms with Crippen molar-refractivity contribution in [2.45, 2.75) is 31.7 Å². The molecular weight excluding hydrogens is 276 g/mol. The zero-order valence-corrected chi connectivity index (χ0v) is 11.8. The number of fused-ring (bicyclic) bond motifs is 1. The van der Waals surface area contributed by atoms with Gasteiger partial charge in [-0.1, -0.05) is 0 Å². The number of piperidine rings is 2. The largest absolute Gasteiger partial charge is 0.353 e. The minimum atomic E-state index is -3.17. The summed E-state index contributed by atoms with van der Waals surface area (Å²) in [5.74, 6) is 0.854. The fourth-order valence-corrected chi connectivity index (χ4v) is 4.56. The van der Waals surface area contributed by atoms with Crippen LogP contribution in [-0.4, -0.2) is 49.4 Å². The van der Waals surface area contributed by atoms with Gasteiger partial charge in [0.15, 0.2) is 0 Å². The number of halogens is 1. The summed E-state index contributed by atoms with van der Waals surface area (Å²) in [4.78, 5) is 11.3. The highest BCUT2D eigenvalue weighted by molar-refractivity contribution is 7.89. The van der Waals surface area contributed by atoms with E-state index in [0.29, 0.717) is 31.8 Å². The molecule has 104 valence electrons. The Balaban J connectivity index is 1.96. The normalized spacial score (nSPS) is 29.7. The standard InChI is InChI=1S/C11H19ClN2O3S/c12-5-1-7-18(16,17)14-6-4-10-9(8-14)2-3-11(15)13-10/h9-10H,1-8H2,(H,13,15). The van der Waals surface area contributed by atoms with Crippen LogP contribution in [0.1, 0.15) is 25.7 Å². The molecule has 7 heteroatoms. The highest BCUT2D eigenvalue weighted by Crippen LogP contribution is 2.27. The number of nitrogens with one attached hydrogen (secondary N) is 1. The van der Waals surface area contributed by atoms with Gasteiger partial charge in [-0.3, -0.25) is 4.79 Å². The van der Waals surface area contributed by atoms with E-state index in [2.05, 4.69) is 5.32 Å². The van der Waals surface area contributed by atoms with Crippen LogP contribution in [0.25, 0.3) is 0 Å². The number of carbonyl (C=O) groups is 1. The van der Waals surface area contributed by atoms with E-state index in [9.17, 15) is 13.2 Å². The van der Waals surface area contributed by atoms with Gasteiger partial charge >= 0.3 is 0 Å². The van der Waals surface area contributed by atoms with Crippen LogP contribution < -0.4 is 5.32 Å². The maximum Gasteiger partial charge on any atom is 0.220 e. The maximum absolute atomic E-state index is 12.1. The fourth-order valence-electron chi connectivity index (χ4n) is 2.70. The minimum absolute atomic E-state index is 0.0923. The van der Waals surface area contributed by atoms with Crippen LogP contribution in [0.2, 0.25) is 0 Å². The second-order valence-corrected chi connectivity index (χ2v) is 7.44. The van der Waals surface area contributed by atoms with Gasteiger partial charge in [0.05, 0.1) is 5.75 Å². The van der Waals surface area contributed by atoms with Gasteiger partial charge in [-0.25, -0.2) is 12.7 Å². The van der Waals surface area contributed by atoms with Crippen molar-refractivity contribution in [2.75, 3.05) is 24.7 Å². The molecule has 0 bridgehead atoms. The highest BCUT2D eigenvalue weighted by Gasteiger charge is 2.37. The first-order valence-corrected chi connectivity index (χ1v) is 8.50. The molecule has 2 aliphatic heterocycles. The SMILES string of the molecule is O=C1CCC2CN(S(=O)(=O)CCCCl)CCC2N1. The Morgan fingerprint density at radius 2 is 2.17 bits per heavy atom. The lowest BCUT2D eigenvalue weighted by molar-refractivity contribution is -0.124. The summed E-state index contributed by atoms with van der Waals surface area (Å²) in [5.41, 5.74) is 0. The molecule has 2 fully saturated rings. The van der Waals surface area contributed by atoms with Crippen molar-refractivity contribution in [2.24, 2.45) is 5.92 Å². The number of amides is 1. The zero-order valence-electron chi connectivity index (χ0n) is 10.3. The van der Waals surface area contributed by atoms with Gasteiger partial charge in [0.1, 0.15) is 0 Å². The fraction of sp³-hybridized carbons (Fsp3) is 0.909. The predicted molar refractivity (Wildman–Crippen MR) is 70.0 cm³/mol. The van der Waals surface area contributed by atoms with Gasteiger partial charge in [0, 0.05) is 31.4 Å². The third-order valence-corrected chi connectivity index (χ3v) is 5.90. The minimum Gasteiger partial charge on any atom is -0.353 e. The number of carbonyl (C=O) groups excluding carboxylic acids is 1. The Kier molecular flexibility index (Phi) is 4.50. The van der Waals surface area contributed by atoms with Crippen molar-refractivity contribution >= 4 is 27.5 Å². The number of sulfonamides is 1. The van der Waals surface area contributed by atoms with Crippen molar-refractivity contribution in [3.05, 3.63) is 0 Å². The first kappa shape index (κ1) is 14.1. The molecule has 2 saturated heterocycles. The second-order valence-electron chi connectivity index (χ2n) is 4.98. The molecule has 2 heterocycles. The molecule has 0 spiro atoms. The lowest BCUT2D eigenvalue weighted by Gasteiger charge is -2.40. The van der Waals surface area contributed by atoms with Gasteiger partial charge in [-0.15, -0.1) is 11.6 Å². The molecule has 0 aromatic rings. The molecule has 0 saturated carbocycles. The number of rotatable bonds is 4. The van der Waals surface area contributed by atoms with Crippen LogP contribution in [0.5, 0.6) is 0 Å². The van der Waals surface area contributed by atoms with E-state index in [4.69, 9.17) is 11.6 Å². The number of nitrogens with zero attached hydrogens (tertiary/aromatic N) is 1. The van der Waals surface area contributed by atoms with E-state index in [0.717, 1.165) is 12.8 Å². The molecular formula is C11H19ClN2O3S. The van der Waals surface area contributed by atoms with Gasteiger partial charge < -0.3 is 5.32 Å². The summed E-state index contributed by atoms with van der Waals surface area (Å²) in [7, 11) is -3.17. The molecule has 2 atom stereocenters. The summed E-state index contributed by atoms with van der Waals surface area (Å²) in [5, 5.41) is 2.95. The Bertz CT molecular complexity index is 413. The molecule has 0 aromatic carbocycles. The summed E-state index contributed by atoms with van der Waals surface area (Å²) in [6.07, 6.45) is 2.51. The molecule has 18 heavy (non-hydrogen) atoms. The summed E-state index contributed by atoms with van der Waals surface area (Å²) >= 11 is 5.54. The van der Waals surface area contributed by atoms with Crippen LogP contribution in [-0.2, 0) is 14.8 Å². The summed E-state index contributed by atoms with van der Waals surface area (Å²) in [6, 6.07) is 0.158. The van der Waals surface area contributed by atoms with Crippen LogP contribution >= 0.6 is 11.6 Å². The molecule has 1 N–H and O–H groups in total. The van der Waals surface area contributed by atoms with Gasteiger partial charge in [0.2, 0.25) is 15.9 Å². The van der Waals surface area contributed by atoms with Crippen molar-refractivity contribution in [3.8, 4) is 0 Å². The van der Waals surface area contributed by atoms with Gasteiger partial charge in [0.25, 0.3) is 0 Å². The van der Waals surface area contributed by atoms with Crippen LogP contribution in [0.15, 0.2) is 0 Å². The first-order valence-electron chi connectivity index (χ1n) is 6.36. The van der Waals surface area contributed by atoms with Crippen LogP contribution in [0.4, 0.5) is 0 Å². The van der Waals surface area contributed by atoms with Gasteiger partial charge in [-0.2, -0.15) is 0 Å². The molecule has 0 aliphatic carbocycles. The van der Waals surface area contributed by atoms with Gasteiger partial charge in [-0.05, 0) is 25.2 Å². The zero-order chi connectivity index (χ0) is 13.2. The number of hydrogen-bond acceptors (Lipinski definition) is 3. The lowest BCUT2D eigenvalue weighted by Crippen LogP contribution is -2.55. The smallest absolute Gasteiger partial charge is 0.220 e. The van der Waals surface area contributed by atoms with Crippen molar-refractivity contribution in [1.29, 1.82) is 0 Å². The van der Waals surface area contributed by atoms with Crippen molar-refractivity contribution in [3.63, 3.8) is 0 Å². The average Bonchev–Trinajstić information content (AvgIpc) is 2.35. The second kappa shape index (κ2) is 5.75. The molecule has 1 amide bonds. The van der Waals surface area contributed by atoms with Crippen molar-refractivity contribution in [1.82, 2.24) is 9.62 Å². The Morgan fingerprint density at radius 1 is 1.39 bits per heavy atom. The lowest BCUT2D eigenvalue weighted by atomic mass is 9.86. The van der Waals surface area contributed by atoms with Crippen LogP contribution in [0.3, 0.4) is 0 Å². The monoisotopic (exact) mass is 294 g/mol. The molecule has 0 radical (unpaired) electrons. The van der Waals surface area contributed by atoms with E-state index < -0.39 is 10.0 Å². The molecule has 2 unspecified atom stereocenters. The summed E-state index contributed by atoms with van der Waals surface area (Å²) < 4.78 is 25.7. The first-order chi connectivity index (χ1) is 8.53. The maximum atomic E-state index is 12.1. The Labute approximate surface area is 113 Å². The molecule has 2 aliphatic rings. The predicted octanol–water partition coefficient (Wildman–Crippen LogP) is 0.546. The highest BCUT2D eigenvalue weighted by atomic mass is 35.5. The Morgan fingerprint density at radius 3 is 2.89 bits per heavy atom. The van der Waals surface area contributed by atoms with E-state index in [-0.39, 0.29) is 23.6 Å². The average molecular weight is 295 g/mol. The molecule has 2 rings (SSSR count). The number of alkyl halides is 1. The van der Waals surface area contributed by atoms with E-state index in [1.807, 2.05) is 0 Å². The Hall–Kier alpha value is -0.330. The molecule has 5 nitrogen and oxygen atoms in total. The number of hydrogen-bond donors (Lipinski definition) is 1. The molecule has 0 aromatic heterocycles. The van der Waals surface area contributed by atoms with Crippen LogP contribution in [0, 0.1) is 5.92 Å². The van der Waals surface area contributed by atoms with Crippen molar-refractivity contribution < 1.29 is 13.2 Å². The summed E-state index contributed by atoms with van der Waals surface area (Å²) in [6.45, 7) is 1.04. The van der Waals surface area contributed by atoms with E-state index >= 15 is 0 Å². The topological polar surface area (TPSA) is 66.5 Å². The third-order valence-electron chi connectivity index (χ3n) is 3.71. The quantitative estimate of drug-likeness (QED) is 0.770. The third kappa shape index (κ3) is 3.16. The van der Waals surface area contributed by atoms with E-state index in [1.54, 1.807) is 4.31 Å².